The van der Waals surface area contributed by atoms with Crippen molar-refractivity contribution in [1.29, 1.82) is 0 Å². The fraction of sp³-hybridized carbons (Fsp3) is 0.346. The van der Waals surface area contributed by atoms with Crippen molar-refractivity contribution in [2.45, 2.75) is 38.0 Å². The number of ketones is 1. The summed E-state index contributed by atoms with van der Waals surface area (Å²) in [6, 6.07) is 11.1. The number of carbonyl (C=O) groups is 3. The van der Waals surface area contributed by atoms with Gasteiger partial charge in [0, 0.05) is 16.4 Å². The van der Waals surface area contributed by atoms with Gasteiger partial charge in [-0.2, -0.15) is 0 Å². The zero-order chi connectivity index (χ0) is 26.2. The highest BCUT2D eigenvalue weighted by Gasteiger charge is 2.30. The van der Waals surface area contributed by atoms with Gasteiger partial charge >= 0.3 is 0 Å². The van der Waals surface area contributed by atoms with Crippen LogP contribution in [-0.2, 0) is 4.79 Å². The minimum absolute atomic E-state index is 0.0546. The molecule has 0 saturated heterocycles. The Morgan fingerprint density at radius 3 is 2.47 bits per heavy atom. The number of aliphatic hydroxyl groups is 1. The number of carbonyl (C=O) groups excluding carboxylic acids is 3. The molecule has 1 heterocycles. The number of amides is 1. The molecular weight excluding hydrogens is 485 g/mol. The van der Waals surface area contributed by atoms with Crippen LogP contribution in [0.5, 0.6) is 5.75 Å². The van der Waals surface area contributed by atoms with Crippen LogP contribution in [0.2, 0.25) is 0 Å². The van der Waals surface area contributed by atoms with Crippen LogP contribution in [0.4, 0.5) is 4.39 Å². The number of Topliss-reactive ketones (excluding diaryl/α,β-unsaturated/α-hetero) is 1. The molecule has 1 aliphatic heterocycles. The van der Waals surface area contributed by atoms with Crippen LogP contribution in [0.1, 0.15) is 52.1 Å². The number of ether oxygens (including phenoxy) is 1. The molecule has 1 aliphatic carbocycles. The number of aldehydes is 1. The largest absolute Gasteiger partial charge is 0.485 e. The van der Waals surface area contributed by atoms with Crippen molar-refractivity contribution >= 4 is 29.9 Å². The third kappa shape index (κ3) is 7.23. The van der Waals surface area contributed by atoms with Crippen molar-refractivity contribution in [2.75, 3.05) is 13.7 Å². The molecule has 2 aromatic rings. The highest BCUT2D eigenvalue weighted by atomic mass is 32.2. The minimum atomic E-state index is -0.602. The summed E-state index contributed by atoms with van der Waals surface area (Å²) in [4.78, 5) is 34.0. The maximum absolute atomic E-state index is 13.9. The van der Waals surface area contributed by atoms with E-state index in [9.17, 15) is 18.8 Å². The SMILES string of the molecule is CC(Oc1ccc(C(=O)C2CC2)cc1)C1=CC(c2ccc(C=O)c(F)c2)NS1.CNC(CO)C(N)=O. The Labute approximate surface area is 213 Å². The lowest BCUT2D eigenvalue weighted by molar-refractivity contribution is -0.120. The number of nitrogens with one attached hydrogen (secondary N) is 2. The molecule has 2 aromatic carbocycles. The normalized spacial score (nSPS) is 18.3. The maximum atomic E-state index is 13.9. The molecule has 0 bridgehead atoms. The first-order valence-corrected chi connectivity index (χ1v) is 12.4. The summed E-state index contributed by atoms with van der Waals surface area (Å²) in [5.41, 5.74) is 6.34. The Balaban J connectivity index is 0.000000392. The molecule has 0 aromatic heterocycles. The standard InChI is InChI=1S/C22H20FNO3S.C4H10N2O2/c1-13(27-18-8-6-15(7-9-18)22(26)14-2-3-14)21-11-20(24-28-21)16-4-5-17(12-25)19(23)10-16;1-6-3(2-7)4(5)8/h4-14,20,24H,2-3H2,1H3;3,6-7H,2H2,1H3,(H2,5,8). The molecule has 1 fully saturated rings. The lowest BCUT2D eigenvalue weighted by Gasteiger charge is -2.15. The fourth-order valence-corrected chi connectivity index (χ4v) is 4.33. The van der Waals surface area contributed by atoms with Crippen LogP contribution in [0, 0.1) is 11.7 Å². The molecule has 8 nitrogen and oxygen atoms in total. The first kappa shape index (κ1) is 27.5. The van der Waals surface area contributed by atoms with E-state index in [1.165, 1.54) is 24.1 Å². The molecule has 0 spiro atoms. The average Bonchev–Trinajstić information content (AvgIpc) is 3.60. The van der Waals surface area contributed by atoms with E-state index in [0.717, 1.165) is 28.9 Å². The summed E-state index contributed by atoms with van der Waals surface area (Å²) in [5, 5.41) is 10.9. The molecule has 5 N–H and O–H groups in total. The highest BCUT2D eigenvalue weighted by Crippen LogP contribution is 2.35. The third-order valence-electron chi connectivity index (χ3n) is 5.82. The van der Waals surface area contributed by atoms with Crippen LogP contribution in [0.3, 0.4) is 0 Å². The van der Waals surface area contributed by atoms with Gasteiger partial charge in [-0.05, 0) is 86.8 Å². The van der Waals surface area contributed by atoms with Gasteiger partial charge in [0.05, 0.1) is 18.2 Å². The predicted octanol–water partition coefficient (Wildman–Crippen LogP) is 2.93. The van der Waals surface area contributed by atoms with Gasteiger partial charge < -0.3 is 20.9 Å². The Morgan fingerprint density at radius 2 is 1.97 bits per heavy atom. The van der Waals surface area contributed by atoms with Crippen molar-refractivity contribution in [2.24, 2.45) is 11.7 Å². The first-order valence-electron chi connectivity index (χ1n) is 11.5. The van der Waals surface area contributed by atoms with E-state index in [1.807, 2.05) is 37.3 Å². The molecule has 10 heteroatoms. The van der Waals surface area contributed by atoms with Crippen molar-refractivity contribution in [3.8, 4) is 5.75 Å². The second kappa shape index (κ2) is 12.8. The van der Waals surface area contributed by atoms with Crippen LogP contribution < -0.4 is 20.5 Å². The molecule has 36 heavy (non-hydrogen) atoms. The number of benzene rings is 2. The van der Waals surface area contributed by atoms with Gasteiger partial charge in [0.15, 0.2) is 12.1 Å². The molecule has 3 unspecified atom stereocenters. The van der Waals surface area contributed by atoms with Crippen LogP contribution in [-0.4, -0.2) is 48.9 Å². The smallest absolute Gasteiger partial charge is 0.236 e. The number of primary amides is 1. The van der Waals surface area contributed by atoms with Crippen molar-refractivity contribution in [3.05, 3.63) is 76.0 Å². The van der Waals surface area contributed by atoms with Crippen molar-refractivity contribution in [1.82, 2.24) is 10.0 Å². The Hall–Kier alpha value is -3.05. The molecule has 0 radical (unpaired) electrons. The topological polar surface area (TPSA) is 131 Å². The first-order chi connectivity index (χ1) is 17.3. The molecular formula is C26H30FN3O5S. The number of halogens is 1. The van der Waals surface area contributed by atoms with Gasteiger partial charge in [0.2, 0.25) is 5.91 Å². The van der Waals surface area contributed by atoms with E-state index in [1.54, 1.807) is 13.1 Å². The second-order valence-corrected chi connectivity index (χ2v) is 9.43. The molecule has 1 amide bonds. The predicted molar refractivity (Wildman–Crippen MR) is 136 cm³/mol. The monoisotopic (exact) mass is 515 g/mol. The lowest BCUT2D eigenvalue weighted by Crippen LogP contribution is -2.41. The third-order valence-corrected chi connectivity index (χ3v) is 6.90. The maximum Gasteiger partial charge on any atom is 0.236 e. The van der Waals surface area contributed by atoms with Crippen molar-refractivity contribution < 1.29 is 28.6 Å². The van der Waals surface area contributed by atoms with E-state index in [0.29, 0.717) is 12.0 Å². The van der Waals surface area contributed by atoms with E-state index in [2.05, 4.69) is 10.0 Å². The van der Waals surface area contributed by atoms with E-state index in [-0.39, 0.29) is 36.0 Å². The molecule has 2 aliphatic rings. The average molecular weight is 516 g/mol. The quantitative estimate of drug-likeness (QED) is 0.216. The number of likely N-dealkylation sites (N-methyl/N-ethyl adjacent to an activating group) is 1. The van der Waals surface area contributed by atoms with E-state index in [4.69, 9.17) is 15.6 Å². The van der Waals surface area contributed by atoms with Gasteiger partial charge in [-0.3, -0.25) is 14.4 Å². The van der Waals surface area contributed by atoms with E-state index < -0.39 is 17.8 Å². The minimum Gasteiger partial charge on any atom is -0.485 e. The number of nitrogens with two attached hydrogens (primary N) is 1. The van der Waals surface area contributed by atoms with Gasteiger partial charge in [-0.25, -0.2) is 9.11 Å². The van der Waals surface area contributed by atoms with Gasteiger partial charge in [0.1, 0.15) is 23.7 Å². The number of hydrogen-bond donors (Lipinski definition) is 4. The van der Waals surface area contributed by atoms with Gasteiger partial charge in [0.25, 0.3) is 0 Å². The van der Waals surface area contributed by atoms with Crippen LogP contribution >= 0.6 is 11.9 Å². The zero-order valence-electron chi connectivity index (χ0n) is 20.1. The summed E-state index contributed by atoms with van der Waals surface area (Å²) in [5.74, 6) is 0.0696. The lowest BCUT2D eigenvalue weighted by atomic mass is 10.0. The van der Waals surface area contributed by atoms with Gasteiger partial charge in [-0.1, -0.05) is 6.07 Å². The summed E-state index contributed by atoms with van der Waals surface area (Å²) in [6.07, 6.45) is 4.31. The molecule has 3 atom stereocenters. The number of hydrogen-bond acceptors (Lipinski definition) is 8. The second-order valence-electron chi connectivity index (χ2n) is 8.51. The zero-order valence-corrected chi connectivity index (χ0v) is 20.9. The fourth-order valence-electron chi connectivity index (χ4n) is 3.44. The summed E-state index contributed by atoms with van der Waals surface area (Å²) in [6.45, 7) is 1.70. The Bertz CT molecular complexity index is 1120. The molecule has 1 saturated carbocycles. The Morgan fingerprint density at radius 1 is 1.28 bits per heavy atom. The summed E-state index contributed by atoms with van der Waals surface area (Å²) < 4.78 is 23.1. The van der Waals surface area contributed by atoms with E-state index >= 15 is 0 Å². The molecule has 192 valence electrons. The number of rotatable bonds is 10. The van der Waals surface area contributed by atoms with Crippen LogP contribution in [0.15, 0.2) is 53.4 Å². The molecule has 4 rings (SSSR count). The number of aliphatic hydroxyl groups excluding tert-OH is 1. The summed E-state index contributed by atoms with van der Waals surface area (Å²) in [7, 11) is 1.56. The Kier molecular flexibility index (Phi) is 9.77. The van der Waals surface area contributed by atoms with Gasteiger partial charge in [-0.15, -0.1) is 0 Å². The highest BCUT2D eigenvalue weighted by molar-refractivity contribution is 8.01. The summed E-state index contributed by atoms with van der Waals surface area (Å²) >= 11 is 1.45. The van der Waals surface area contributed by atoms with Crippen LogP contribution in [0.25, 0.3) is 0 Å². The van der Waals surface area contributed by atoms with Crippen molar-refractivity contribution in [3.63, 3.8) is 0 Å².